The van der Waals surface area contributed by atoms with Gasteiger partial charge < -0.3 is 4.74 Å². The van der Waals surface area contributed by atoms with Gasteiger partial charge in [0.15, 0.2) is 0 Å². The highest BCUT2D eigenvalue weighted by molar-refractivity contribution is 5.75. The first-order chi connectivity index (χ1) is 5.24. The van der Waals surface area contributed by atoms with Gasteiger partial charge in [0.2, 0.25) is 0 Å². The molecule has 0 spiro atoms. The molecule has 1 rings (SSSR count). The number of carbonyl (C=O) groups excluding carboxylic acids is 1. The molecule has 0 aromatic rings. The smallest absolute Gasteiger partial charge is 0.309 e. The van der Waals surface area contributed by atoms with E-state index in [4.69, 9.17) is 4.74 Å². The average Bonchev–Trinajstić information content (AvgIpc) is 1.94. The maximum absolute atomic E-state index is 10.5. The lowest BCUT2D eigenvalue weighted by Crippen LogP contribution is -2.37. The first kappa shape index (κ1) is 8.57. The predicted molar refractivity (Wildman–Crippen MR) is 43.2 cm³/mol. The maximum Gasteiger partial charge on any atom is 0.309 e. The van der Waals surface area contributed by atoms with Gasteiger partial charge in [0.1, 0.15) is 6.10 Å². The van der Waals surface area contributed by atoms with Crippen LogP contribution in [0.25, 0.3) is 0 Å². The summed E-state index contributed by atoms with van der Waals surface area (Å²) < 4.78 is 4.96. The molecule has 0 bridgehead atoms. The van der Waals surface area contributed by atoms with Crippen molar-refractivity contribution in [1.82, 2.24) is 0 Å². The number of ether oxygens (including phenoxy) is 1. The second-order valence-electron chi connectivity index (χ2n) is 3.35. The Bertz CT molecular complexity index is 134. The van der Waals surface area contributed by atoms with Gasteiger partial charge in [0.25, 0.3) is 0 Å². The number of hydrogen-bond donors (Lipinski definition) is 0. The van der Waals surface area contributed by atoms with Gasteiger partial charge in [-0.15, -0.1) is 0 Å². The van der Waals surface area contributed by atoms with Gasteiger partial charge in [-0.2, -0.15) is 0 Å². The fourth-order valence-electron chi connectivity index (χ4n) is 1.35. The van der Waals surface area contributed by atoms with Crippen molar-refractivity contribution in [1.29, 1.82) is 0 Å². The van der Waals surface area contributed by atoms with E-state index in [1.54, 1.807) is 0 Å². The molecule has 0 aromatic carbocycles. The molecule has 2 heteroatoms. The Hall–Kier alpha value is -0.530. The number of rotatable bonds is 4. The minimum Gasteiger partial charge on any atom is -0.461 e. The fourth-order valence-corrected chi connectivity index (χ4v) is 1.35. The molecule has 11 heavy (non-hydrogen) atoms. The SMILES string of the molecule is CCCCC(C)C1CC(=O)O1. The van der Waals surface area contributed by atoms with Crippen molar-refractivity contribution in [3.8, 4) is 0 Å². The lowest BCUT2D eigenvalue weighted by Gasteiger charge is -2.30. The summed E-state index contributed by atoms with van der Waals surface area (Å²) in [7, 11) is 0. The van der Waals surface area contributed by atoms with Gasteiger partial charge in [-0.25, -0.2) is 0 Å². The first-order valence-corrected chi connectivity index (χ1v) is 4.43. The summed E-state index contributed by atoms with van der Waals surface area (Å²) in [5.41, 5.74) is 0. The largest absolute Gasteiger partial charge is 0.461 e. The highest BCUT2D eigenvalue weighted by Crippen LogP contribution is 2.25. The molecule has 0 aliphatic carbocycles. The summed E-state index contributed by atoms with van der Waals surface area (Å²) in [6, 6.07) is 0. The third-order valence-electron chi connectivity index (χ3n) is 2.30. The van der Waals surface area contributed by atoms with Crippen LogP contribution in [0, 0.1) is 5.92 Å². The number of carbonyl (C=O) groups is 1. The molecular weight excluding hydrogens is 140 g/mol. The standard InChI is InChI=1S/C9H16O2/c1-3-4-5-7(2)8-6-9(10)11-8/h7-8H,3-6H2,1-2H3. The normalized spacial score (nSPS) is 25.6. The van der Waals surface area contributed by atoms with Crippen molar-refractivity contribution in [2.75, 3.05) is 0 Å². The van der Waals surface area contributed by atoms with Crippen LogP contribution < -0.4 is 0 Å². The minimum absolute atomic E-state index is 0.0293. The van der Waals surface area contributed by atoms with Crippen LogP contribution >= 0.6 is 0 Å². The van der Waals surface area contributed by atoms with Gasteiger partial charge in [-0.1, -0.05) is 26.7 Å². The quantitative estimate of drug-likeness (QED) is 0.583. The zero-order valence-corrected chi connectivity index (χ0v) is 7.30. The Morgan fingerprint density at radius 1 is 1.73 bits per heavy atom. The number of esters is 1. The molecule has 0 amide bonds. The van der Waals surface area contributed by atoms with Gasteiger partial charge >= 0.3 is 5.97 Å². The van der Waals surface area contributed by atoms with Crippen LogP contribution in [-0.2, 0) is 9.53 Å². The van der Waals surface area contributed by atoms with Crippen LogP contribution in [0.5, 0.6) is 0 Å². The van der Waals surface area contributed by atoms with Crippen molar-refractivity contribution in [3.05, 3.63) is 0 Å². The molecule has 64 valence electrons. The minimum atomic E-state index is -0.0293. The fraction of sp³-hybridized carbons (Fsp3) is 0.889. The molecule has 1 fully saturated rings. The molecule has 2 unspecified atom stereocenters. The maximum atomic E-state index is 10.5. The third-order valence-corrected chi connectivity index (χ3v) is 2.30. The Morgan fingerprint density at radius 2 is 2.36 bits per heavy atom. The molecule has 0 saturated carbocycles. The van der Waals surface area contributed by atoms with Crippen molar-refractivity contribution in [2.45, 2.75) is 45.6 Å². The predicted octanol–water partition coefficient (Wildman–Crippen LogP) is 2.13. The van der Waals surface area contributed by atoms with E-state index in [1.165, 1.54) is 19.3 Å². The molecule has 1 saturated heterocycles. The second-order valence-corrected chi connectivity index (χ2v) is 3.35. The lowest BCUT2D eigenvalue weighted by molar-refractivity contribution is -0.174. The monoisotopic (exact) mass is 156 g/mol. The van der Waals surface area contributed by atoms with E-state index in [0.29, 0.717) is 12.3 Å². The molecule has 0 radical (unpaired) electrons. The molecule has 2 atom stereocenters. The van der Waals surface area contributed by atoms with Crippen molar-refractivity contribution in [2.24, 2.45) is 5.92 Å². The van der Waals surface area contributed by atoms with Gasteiger partial charge in [0, 0.05) is 0 Å². The molecule has 0 N–H and O–H groups in total. The third kappa shape index (κ3) is 2.21. The van der Waals surface area contributed by atoms with Crippen LogP contribution in [0.4, 0.5) is 0 Å². The van der Waals surface area contributed by atoms with Gasteiger partial charge in [-0.05, 0) is 12.3 Å². The Kier molecular flexibility index (Phi) is 2.92. The average molecular weight is 156 g/mol. The highest BCUT2D eigenvalue weighted by atomic mass is 16.6. The summed E-state index contributed by atoms with van der Waals surface area (Å²) in [5.74, 6) is 0.533. The number of cyclic esters (lactones) is 1. The van der Waals surface area contributed by atoms with Crippen molar-refractivity contribution in [3.63, 3.8) is 0 Å². The summed E-state index contributed by atoms with van der Waals surface area (Å²) >= 11 is 0. The Balaban J connectivity index is 2.10. The molecular formula is C9H16O2. The second kappa shape index (κ2) is 3.74. The van der Waals surface area contributed by atoms with E-state index in [2.05, 4.69) is 13.8 Å². The van der Waals surface area contributed by atoms with Crippen LogP contribution in [0.15, 0.2) is 0 Å². The Labute approximate surface area is 67.9 Å². The highest BCUT2D eigenvalue weighted by Gasteiger charge is 2.32. The summed E-state index contributed by atoms with van der Waals surface area (Å²) in [5, 5.41) is 0. The molecule has 1 aliphatic rings. The van der Waals surface area contributed by atoms with Gasteiger partial charge in [0.05, 0.1) is 6.42 Å². The molecule has 1 heterocycles. The Morgan fingerprint density at radius 3 is 2.82 bits per heavy atom. The van der Waals surface area contributed by atoms with Gasteiger partial charge in [-0.3, -0.25) is 4.79 Å². The molecule has 2 nitrogen and oxygen atoms in total. The van der Waals surface area contributed by atoms with E-state index in [9.17, 15) is 4.79 Å². The summed E-state index contributed by atoms with van der Waals surface area (Å²) in [6.07, 6.45) is 4.54. The van der Waals surface area contributed by atoms with Crippen LogP contribution in [0.2, 0.25) is 0 Å². The molecule has 1 aliphatic heterocycles. The van der Waals surface area contributed by atoms with E-state index in [1.807, 2.05) is 0 Å². The van der Waals surface area contributed by atoms with E-state index < -0.39 is 0 Å². The van der Waals surface area contributed by atoms with Crippen LogP contribution in [-0.4, -0.2) is 12.1 Å². The summed E-state index contributed by atoms with van der Waals surface area (Å²) in [6.45, 7) is 4.34. The first-order valence-electron chi connectivity index (χ1n) is 4.43. The van der Waals surface area contributed by atoms with Crippen molar-refractivity contribution < 1.29 is 9.53 Å². The zero-order valence-electron chi connectivity index (χ0n) is 7.30. The van der Waals surface area contributed by atoms with E-state index in [0.717, 1.165) is 0 Å². The number of unbranched alkanes of at least 4 members (excludes halogenated alkanes) is 1. The number of hydrogen-bond acceptors (Lipinski definition) is 2. The lowest BCUT2D eigenvalue weighted by atomic mass is 9.93. The zero-order chi connectivity index (χ0) is 8.27. The van der Waals surface area contributed by atoms with E-state index >= 15 is 0 Å². The molecule has 0 aromatic heterocycles. The van der Waals surface area contributed by atoms with E-state index in [-0.39, 0.29) is 12.1 Å². The topological polar surface area (TPSA) is 26.3 Å². The van der Waals surface area contributed by atoms with Crippen LogP contribution in [0.1, 0.15) is 39.5 Å². The van der Waals surface area contributed by atoms with Crippen molar-refractivity contribution >= 4 is 5.97 Å². The summed E-state index contributed by atoms with van der Waals surface area (Å²) in [4.78, 5) is 10.5. The van der Waals surface area contributed by atoms with Crippen LogP contribution in [0.3, 0.4) is 0 Å².